The molecule has 1 saturated carbocycles. The molecule has 3 N–H and O–H groups in total. The van der Waals surface area contributed by atoms with Gasteiger partial charge in [-0.1, -0.05) is 25.2 Å². The van der Waals surface area contributed by atoms with Crippen LogP contribution in [0.3, 0.4) is 0 Å². The molecular weight excluding hydrogens is 299 g/mol. The van der Waals surface area contributed by atoms with E-state index in [1.165, 1.54) is 12.1 Å². The van der Waals surface area contributed by atoms with E-state index in [9.17, 15) is 12.8 Å². The van der Waals surface area contributed by atoms with E-state index in [-0.39, 0.29) is 21.4 Å². The van der Waals surface area contributed by atoms with E-state index in [0.717, 1.165) is 18.9 Å². The number of nitrogens with one attached hydrogen (secondary N) is 1. The Labute approximate surface area is 123 Å². The molecule has 1 unspecified atom stereocenters. The number of halogens is 1. The Kier molecular flexibility index (Phi) is 4.41. The minimum absolute atomic E-state index is 0.201. The molecular formula is C13H17FN2O2S2. The van der Waals surface area contributed by atoms with Crippen molar-refractivity contribution in [3.63, 3.8) is 0 Å². The van der Waals surface area contributed by atoms with E-state index < -0.39 is 15.8 Å². The fourth-order valence-corrected chi connectivity index (χ4v) is 3.76. The topological polar surface area (TPSA) is 72.2 Å². The third-order valence-electron chi connectivity index (χ3n) is 3.53. The van der Waals surface area contributed by atoms with E-state index in [4.69, 9.17) is 18.0 Å². The molecule has 20 heavy (non-hydrogen) atoms. The number of thiocarbonyl (C=S) groups is 1. The van der Waals surface area contributed by atoms with Crippen LogP contribution in [0.2, 0.25) is 0 Å². The maximum atomic E-state index is 13.7. The van der Waals surface area contributed by atoms with E-state index in [0.29, 0.717) is 12.5 Å². The third kappa shape index (κ3) is 3.34. The Morgan fingerprint density at radius 2 is 2.20 bits per heavy atom. The van der Waals surface area contributed by atoms with Crippen molar-refractivity contribution >= 4 is 27.2 Å². The van der Waals surface area contributed by atoms with Crippen LogP contribution in [0.4, 0.5) is 4.39 Å². The normalized spacial score (nSPS) is 16.9. The molecule has 0 amide bonds. The van der Waals surface area contributed by atoms with Gasteiger partial charge in [0, 0.05) is 6.54 Å². The van der Waals surface area contributed by atoms with Crippen LogP contribution in [-0.4, -0.2) is 20.0 Å². The lowest BCUT2D eigenvalue weighted by atomic mass is 10.1. The Hall–Kier alpha value is -1.05. The highest BCUT2D eigenvalue weighted by Crippen LogP contribution is 2.36. The molecule has 0 spiro atoms. The summed E-state index contributed by atoms with van der Waals surface area (Å²) >= 11 is 4.74. The van der Waals surface area contributed by atoms with Crippen LogP contribution >= 0.6 is 12.2 Å². The first-order chi connectivity index (χ1) is 9.33. The lowest BCUT2D eigenvalue weighted by Crippen LogP contribution is -2.31. The minimum Gasteiger partial charge on any atom is -0.389 e. The fraction of sp³-hybridized carbons (Fsp3) is 0.462. The van der Waals surface area contributed by atoms with Crippen LogP contribution in [0.25, 0.3) is 0 Å². The Morgan fingerprint density at radius 3 is 2.75 bits per heavy atom. The van der Waals surface area contributed by atoms with Crippen LogP contribution in [0.5, 0.6) is 0 Å². The van der Waals surface area contributed by atoms with E-state index in [1.807, 2.05) is 6.92 Å². The van der Waals surface area contributed by atoms with Crippen molar-refractivity contribution in [2.24, 2.45) is 17.6 Å². The summed E-state index contributed by atoms with van der Waals surface area (Å²) in [7, 11) is -3.82. The number of nitrogens with two attached hydrogens (primary N) is 1. The van der Waals surface area contributed by atoms with Crippen LogP contribution in [0.1, 0.15) is 25.3 Å². The zero-order valence-corrected chi connectivity index (χ0v) is 12.7. The van der Waals surface area contributed by atoms with E-state index in [2.05, 4.69) is 4.72 Å². The molecule has 0 aromatic heterocycles. The number of hydrogen-bond acceptors (Lipinski definition) is 3. The van der Waals surface area contributed by atoms with Gasteiger partial charge in [-0.3, -0.25) is 0 Å². The highest BCUT2D eigenvalue weighted by molar-refractivity contribution is 7.89. The van der Waals surface area contributed by atoms with Gasteiger partial charge in [-0.05, 0) is 36.8 Å². The van der Waals surface area contributed by atoms with Crippen molar-refractivity contribution in [1.82, 2.24) is 4.72 Å². The van der Waals surface area contributed by atoms with Crippen LogP contribution in [0.15, 0.2) is 23.1 Å². The number of hydrogen-bond donors (Lipinski definition) is 2. The van der Waals surface area contributed by atoms with Gasteiger partial charge >= 0.3 is 0 Å². The first-order valence-corrected chi connectivity index (χ1v) is 8.30. The van der Waals surface area contributed by atoms with Crippen molar-refractivity contribution in [3.8, 4) is 0 Å². The Balaban J connectivity index is 2.24. The minimum atomic E-state index is -3.82. The Bertz CT molecular complexity index is 627. The van der Waals surface area contributed by atoms with Gasteiger partial charge in [0.25, 0.3) is 0 Å². The molecule has 7 heteroatoms. The van der Waals surface area contributed by atoms with Gasteiger partial charge < -0.3 is 5.73 Å². The average molecular weight is 316 g/mol. The first kappa shape index (κ1) is 15.3. The van der Waals surface area contributed by atoms with Gasteiger partial charge in [-0.15, -0.1) is 0 Å². The molecule has 0 bridgehead atoms. The van der Waals surface area contributed by atoms with Gasteiger partial charge in [-0.2, -0.15) is 0 Å². The second-order valence-corrected chi connectivity index (χ2v) is 7.32. The molecule has 0 aliphatic heterocycles. The van der Waals surface area contributed by atoms with Gasteiger partial charge in [-0.25, -0.2) is 17.5 Å². The van der Waals surface area contributed by atoms with Gasteiger partial charge in [0.15, 0.2) is 0 Å². The molecule has 2 rings (SSSR count). The molecule has 1 aromatic carbocycles. The second kappa shape index (κ2) is 5.75. The molecule has 0 heterocycles. The highest BCUT2D eigenvalue weighted by Gasteiger charge is 2.29. The summed E-state index contributed by atoms with van der Waals surface area (Å²) in [6.07, 6.45) is 2.28. The fourth-order valence-electron chi connectivity index (χ4n) is 2.12. The SMILES string of the molecule is CC(CNS(=O)(=O)c1cccc(F)c1C(N)=S)C1CC1. The average Bonchev–Trinajstić information content (AvgIpc) is 3.19. The predicted molar refractivity (Wildman–Crippen MR) is 79.4 cm³/mol. The predicted octanol–water partition coefficient (Wildman–Crippen LogP) is 1.78. The molecule has 1 aliphatic rings. The Morgan fingerprint density at radius 1 is 1.55 bits per heavy atom. The quantitative estimate of drug-likeness (QED) is 0.785. The highest BCUT2D eigenvalue weighted by atomic mass is 32.2. The summed E-state index contributed by atoms with van der Waals surface area (Å²) in [6, 6.07) is 3.78. The molecule has 1 aromatic rings. The smallest absolute Gasteiger partial charge is 0.241 e. The maximum Gasteiger partial charge on any atom is 0.241 e. The summed E-state index contributed by atoms with van der Waals surface area (Å²) in [5.74, 6) is 0.127. The van der Waals surface area contributed by atoms with Crippen molar-refractivity contribution in [1.29, 1.82) is 0 Å². The molecule has 0 saturated heterocycles. The third-order valence-corrected chi connectivity index (χ3v) is 5.20. The summed E-state index contributed by atoms with van der Waals surface area (Å²) in [6.45, 7) is 2.33. The van der Waals surface area contributed by atoms with Crippen LogP contribution in [0, 0.1) is 17.7 Å². The van der Waals surface area contributed by atoms with Crippen molar-refractivity contribution < 1.29 is 12.8 Å². The van der Waals surface area contributed by atoms with Crippen LogP contribution < -0.4 is 10.5 Å². The summed E-state index contributed by atoms with van der Waals surface area (Å²) in [4.78, 5) is -0.466. The van der Waals surface area contributed by atoms with Crippen molar-refractivity contribution in [2.75, 3.05) is 6.54 Å². The summed E-state index contributed by atoms with van der Waals surface area (Å²) in [5.41, 5.74) is 5.20. The molecule has 110 valence electrons. The number of sulfonamides is 1. The number of benzene rings is 1. The van der Waals surface area contributed by atoms with Gasteiger partial charge in [0.1, 0.15) is 10.8 Å². The van der Waals surface area contributed by atoms with Crippen molar-refractivity contribution in [2.45, 2.75) is 24.7 Å². The van der Waals surface area contributed by atoms with Gasteiger partial charge in [0.2, 0.25) is 10.0 Å². The second-order valence-electron chi connectivity index (χ2n) is 5.14. The standard InChI is InChI=1S/C13H17FN2O2S2/c1-8(9-5-6-9)7-16-20(17,18)11-4-2-3-10(14)12(11)13(15)19/h2-4,8-9,16H,5-7H2,1H3,(H2,15,19). The lowest BCUT2D eigenvalue weighted by molar-refractivity contribution is 0.491. The lowest BCUT2D eigenvalue weighted by Gasteiger charge is -2.14. The summed E-state index contributed by atoms with van der Waals surface area (Å²) in [5, 5.41) is 0. The molecule has 4 nitrogen and oxygen atoms in total. The van der Waals surface area contributed by atoms with Gasteiger partial charge in [0.05, 0.1) is 10.5 Å². The zero-order valence-electron chi connectivity index (χ0n) is 11.1. The zero-order chi connectivity index (χ0) is 14.9. The first-order valence-electron chi connectivity index (χ1n) is 6.41. The van der Waals surface area contributed by atoms with Crippen molar-refractivity contribution in [3.05, 3.63) is 29.6 Å². The largest absolute Gasteiger partial charge is 0.389 e. The van der Waals surface area contributed by atoms with E-state index >= 15 is 0 Å². The monoisotopic (exact) mass is 316 g/mol. The molecule has 1 atom stereocenters. The van der Waals surface area contributed by atoms with Crippen LogP contribution in [-0.2, 0) is 10.0 Å². The maximum absolute atomic E-state index is 13.7. The number of rotatable bonds is 6. The van der Waals surface area contributed by atoms with E-state index in [1.54, 1.807) is 0 Å². The summed E-state index contributed by atoms with van der Waals surface area (Å²) < 4.78 is 40.7. The molecule has 1 fully saturated rings. The molecule has 0 radical (unpaired) electrons. The molecule has 1 aliphatic carbocycles.